The van der Waals surface area contributed by atoms with Crippen LogP contribution in [-0.4, -0.2) is 39.6 Å². The van der Waals surface area contributed by atoms with E-state index in [2.05, 4.69) is 40.3 Å². The molecule has 2 aromatic carbocycles. The van der Waals surface area contributed by atoms with Crippen LogP contribution >= 0.6 is 11.8 Å². The highest BCUT2D eigenvalue weighted by molar-refractivity contribution is 8.00. The number of thioether (sulfide) groups is 1. The highest BCUT2D eigenvalue weighted by Gasteiger charge is 2.23. The SMILES string of the molecule is Cc1ccccc1Oc1nccnc1SCC(=O)N1CCC(Cc2ccccc2)CC1. The Hall–Kier alpha value is -2.86. The van der Waals surface area contributed by atoms with E-state index < -0.39 is 0 Å². The summed E-state index contributed by atoms with van der Waals surface area (Å²) in [5, 5.41) is 0.637. The van der Waals surface area contributed by atoms with Crippen molar-refractivity contribution >= 4 is 17.7 Å². The van der Waals surface area contributed by atoms with E-state index in [0.29, 0.717) is 22.6 Å². The summed E-state index contributed by atoms with van der Waals surface area (Å²) in [6, 6.07) is 18.4. The minimum Gasteiger partial charge on any atom is -0.436 e. The number of piperidine rings is 1. The minimum atomic E-state index is 0.149. The van der Waals surface area contributed by atoms with E-state index in [1.807, 2.05) is 36.1 Å². The van der Waals surface area contributed by atoms with E-state index in [1.165, 1.54) is 17.3 Å². The minimum absolute atomic E-state index is 0.149. The average Bonchev–Trinajstić information content (AvgIpc) is 2.81. The second-order valence-corrected chi connectivity index (χ2v) is 8.80. The Labute approximate surface area is 187 Å². The second kappa shape index (κ2) is 10.4. The van der Waals surface area contributed by atoms with Gasteiger partial charge in [0, 0.05) is 25.5 Å². The number of ether oxygens (including phenoxy) is 1. The van der Waals surface area contributed by atoms with Crippen molar-refractivity contribution in [3.05, 3.63) is 78.1 Å². The molecule has 1 saturated heterocycles. The quantitative estimate of drug-likeness (QED) is 0.482. The molecule has 2 heterocycles. The predicted octanol–water partition coefficient (Wildman–Crippen LogP) is 5.15. The van der Waals surface area contributed by atoms with Crippen LogP contribution in [0.4, 0.5) is 0 Å². The number of hydrogen-bond acceptors (Lipinski definition) is 5. The number of benzene rings is 2. The summed E-state index contributed by atoms with van der Waals surface area (Å²) < 4.78 is 5.97. The van der Waals surface area contributed by atoms with Gasteiger partial charge in [-0.3, -0.25) is 4.79 Å². The van der Waals surface area contributed by atoms with Crippen LogP contribution in [0.25, 0.3) is 0 Å². The number of likely N-dealkylation sites (tertiary alicyclic amines) is 1. The molecule has 6 heteroatoms. The third-order valence-corrected chi connectivity index (χ3v) is 6.54. The Balaban J connectivity index is 1.29. The van der Waals surface area contributed by atoms with Crippen molar-refractivity contribution in [1.29, 1.82) is 0 Å². The summed E-state index contributed by atoms with van der Waals surface area (Å²) in [5.74, 6) is 2.32. The Kier molecular flexibility index (Phi) is 7.20. The molecule has 5 nitrogen and oxygen atoms in total. The average molecular weight is 434 g/mol. The zero-order valence-corrected chi connectivity index (χ0v) is 18.6. The lowest BCUT2D eigenvalue weighted by molar-refractivity contribution is -0.129. The van der Waals surface area contributed by atoms with Gasteiger partial charge in [-0.2, -0.15) is 0 Å². The fourth-order valence-electron chi connectivity index (χ4n) is 3.81. The topological polar surface area (TPSA) is 55.3 Å². The maximum Gasteiger partial charge on any atom is 0.252 e. The molecule has 1 aliphatic rings. The summed E-state index contributed by atoms with van der Waals surface area (Å²) in [4.78, 5) is 23.5. The van der Waals surface area contributed by atoms with Crippen molar-refractivity contribution in [2.75, 3.05) is 18.8 Å². The molecule has 0 saturated carbocycles. The first-order valence-electron chi connectivity index (χ1n) is 10.7. The maximum atomic E-state index is 12.8. The van der Waals surface area contributed by atoms with Crippen molar-refractivity contribution in [3.8, 4) is 11.6 Å². The van der Waals surface area contributed by atoms with Crippen LogP contribution in [0.5, 0.6) is 11.6 Å². The third-order valence-electron chi connectivity index (χ3n) is 5.60. The van der Waals surface area contributed by atoms with E-state index in [-0.39, 0.29) is 5.91 Å². The standard InChI is InChI=1S/C25H27N3O2S/c1-19-7-5-6-10-22(19)30-24-25(27-14-13-26-24)31-18-23(29)28-15-11-21(12-16-28)17-20-8-3-2-4-9-20/h2-10,13-14,21H,11-12,15-18H2,1H3. The van der Waals surface area contributed by atoms with Crippen molar-refractivity contribution in [1.82, 2.24) is 14.9 Å². The van der Waals surface area contributed by atoms with Crippen molar-refractivity contribution in [3.63, 3.8) is 0 Å². The molecule has 0 spiro atoms. The van der Waals surface area contributed by atoms with E-state index in [1.54, 1.807) is 12.4 Å². The van der Waals surface area contributed by atoms with Gasteiger partial charge in [0.2, 0.25) is 5.91 Å². The first-order chi connectivity index (χ1) is 15.2. The number of hydrogen-bond donors (Lipinski definition) is 0. The van der Waals surface area contributed by atoms with Gasteiger partial charge in [0.15, 0.2) is 5.03 Å². The van der Waals surface area contributed by atoms with Gasteiger partial charge < -0.3 is 9.64 Å². The van der Waals surface area contributed by atoms with Crippen LogP contribution in [0.3, 0.4) is 0 Å². The Morgan fingerprint density at radius 1 is 1.03 bits per heavy atom. The molecule has 160 valence electrons. The summed E-state index contributed by atoms with van der Waals surface area (Å²) in [5.41, 5.74) is 2.41. The first kappa shape index (κ1) is 21.4. The van der Waals surface area contributed by atoms with Gasteiger partial charge >= 0.3 is 0 Å². The summed E-state index contributed by atoms with van der Waals surface area (Å²) >= 11 is 1.39. The molecule has 0 aliphatic carbocycles. The lowest BCUT2D eigenvalue weighted by atomic mass is 9.90. The van der Waals surface area contributed by atoms with Gasteiger partial charge in [-0.05, 0) is 49.3 Å². The fourth-order valence-corrected chi connectivity index (χ4v) is 4.61. The molecule has 0 radical (unpaired) electrons. The maximum absolute atomic E-state index is 12.8. The van der Waals surface area contributed by atoms with Crippen LogP contribution in [0, 0.1) is 12.8 Å². The molecule has 31 heavy (non-hydrogen) atoms. The lowest BCUT2D eigenvalue weighted by Crippen LogP contribution is -2.39. The van der Waals surface area contributed by atoms with Crippen LogP contribution in [0.15, 0.2) is 72.0 Å². The van der Waals surface area contributed by atoms with Gasteiger partial charge in [-0.25, -0.2) is 9.97 Å². The summed E-state index contributed by atoms with van der Waals surface area (Å²) in [6.07, 6.45) is 6.44. The number of aryl methyl sites for hydroxylation is 1. The molecule has 1 aromatic heterocycles. The Bertz CT molecular complexity index is 1000. The van der Waals surface area contributed by atoms with E-state index in [0.717, 1.165) is 43.7 Å². The highest BCUT2D eigenvalue weighted by Crippen LogP contribution is 2.31. The second-order valence-electron chi connectivity index (χ2n) is 7.84. The van der Waals surface area contributed by atoms with Gasteiger partial charge in [-0.15, -0.1) is 0 Å². The molecule has 4 rings (SSSR count). The lowest BCUT2D eigenvalue weighted by Gasteiger charge is -2.32. The molecule has 0 atom stereocenters. The number of amides is 1. The van der Waals surface area contributed by atoms with Crippen LogP contribution < -0.4 is 4.74 Å². The number of para-hydroxylation sites is 1. The normalized spacial score (nSPS) is 14.4. The predicted molar refractivity (Wildman–Crippen MR) is 123 cm³/mol. The summed E-state index contributed by atoms with van der Waals surface area (Å²) in [6.45, 7) is 3.64. The Morgan fingerprint density at radius 2 is 1.74 bits per heavy atom. The van der Waals surface area contributed by atoms with Gasteiger partial charge in [-0.1, -0.05) is 60.3 Å². The van der Waals surface area contributed by atoms with Gasteiger partial charge in [0.25, 0.3) is 5.88 Å². The molecule has 1 fully saturated rings. The van der Waals surface area contributed by atoms with Crippen LogP contribution in [0.2, 0.25) is 0 Å². The number of carbonyl (C=O) groups is 1. The van der Waals surface area contributed by atoms with Crippen LogP contribution in [-0.2, 0) is 11.2 Å². The first-order valence-corrected chi connectivity index (χ1v) is 11.7. The highest BCUT2D eigenvalue weighted by atomic mass is 32.2. The van der Waals surface area contributed by atoms with Gasteiger partial charge in [0.05, 0.1) is 5.75 Å². The van der Waals surface area contributed by atoms with Gasteiger partial charge in [0.1, 0.15) is 5.75 Å². The summed E-state index contributed by atoms with van der Waals surface area (Å²) in [7, 11) is 0. The third kappa shape index (κ3) is 5.85. The molecule has 0 bridgehead atoms. The van der Waals surface area contributed by atoms with Crippen molar-refractivity contribution in [2.45, 2.75) is 31.2 Å². The molecule has 0 unspecified atom stereocenters. The zero-order chi connectivity index (χ0) is 21.5. The largest absolute Gasteiger partial charge is 0.436 e. The zero-order valence-electron chi connectivity index (χ0n) is 17.7. The van der Waals surface area contributed by atoms with E-state index in [4.69, 9.17) is 4.74 Å². The number of rotatable bonds is 7. The number of nitrogens with zero attached hydrogens (tertiary/aromatic N) is 3. The number of aromatic nitrogens is 2. The molecular weight excluding hydrogens is 406 g/mol. The molecule has 0 N–H and O–H groups in total. The molecule has 1 amide bonds. The molecule has 1 aliphatic heterocycles. The van der Waals surface area contributed by atoms with Crippen LogP contribution in [0.1, 0.15) is 24.0 Å². The van der Waals surface area contributed by atoms with E-state index >= 15 is 0 Å². The molecular formula is C25H27N3O2S. The monoisotopic (exact) mass is 433 g/mol. The number of carbonyl (C=O) groups excluding carboxylic acids is 1. The van der Waals surface area contributed by atoms with Crippen molar-refractivity contribution < 1.29 is 9.53 Å². The smallest absolute Gasteiger partial charge is 0.252 e. The molecule has 3 aromatic rings. The van der Waals surface area contributed by atoms with E-state index in [9.17, 15) is 4.79 Å². The fraction of sp³-hybridized carbons (Fsp3) is 0.320. The van der Waals surface area contributed by atoms with Crippen molar-refractivity contribution in [2.24, 2.45) is 5.92 Å². The Morgan fingerprint density at radius 3 is 2.52 bits per heavy atom.